The van der Waals surface area contributed by atoms with Crippen LogP contribution < -0.4 is 5.32 Å². The number of benzene rings is 1. The molecule has 4 nitrogen and oxygen atoms in total. The fourth-order valence-electron chi connectivity index (χ4n) is 2.44. The molecule has 0 aliphatic heterocycles. The highest BCUT2D eigenvalue weighted by Crippen LogP contribution is 2.34. The van der Waals surface area contributed by atoms with E-state index in [0.717, 1.165) is 5.03 Å². The molecular weight excluding hydrogens is 358 g/mol. The molecular formula is C19H22F2N2O2S. The molecule has 0 unspecified atom stereocenters. The Morgan fingerprint density at radius 1 is 1.27 bits per heavy atom. The molecule has 0 aliphatic rings. The summed E-state index contributed by atoms with van der Waals surface area (Å²) in [6, 6.07) is 6.13. The number of nitrogens with one attached hydrogen (secondary N) is 1. The molecule has 0 fully saturated rings. The minimum atomic E-state index is -0.877. The molecule has 0 spiro atoms. The monoisotopic (exact) mass is 380 g/mol. The van der Waals surface area contributed by atoms with E-state index in [-0.39, 0.29) is 12.1 Å². The van der Waals surface area contributed by atoms with Gasteiger partial charge in [-0.05, 0) is 36.6 Å². The molecule has 2 rings (SSSR count). The number of hydrogen-bond acceptors (Lipinski definition) is 4. The maximum atomic E-state index is 14.4. The summed E-state index contributed by atoms with van der Waals surface area (Å²) < 4.78 is 28.8. The number of carbonyl (C=O) groups is 1. The number of anilines is 1. The molecule has 0 amide bonds. The van der Waals surface area contributed by atoms with Crippen molar-refractivity contribution in [2.24, 2.45) is 0 Å². The van der Waals surface area contributed by atoms with E-state index in [2.05, 4.69) is 10.3 Å². The van der Waals surface area contributed by atoms with Crippen molar-refractivity contribution in [3.63, 3.8) is 0 Å². The Labute approximate surface area is 156 Å². The van der Waals surface area contributed by atoms with Crippen LogP contribution in [0.1, 0.15) is 33.1 Å². The predicted octanol–water partition coefficient (Wildman–Crippen LogP) is 5.19. The number of pyridine rings is 1. The van der Waals surface area contributed by atoms with Gasteiger partial charge < -0.3 is 10.4 Å². The van der Waals surface area contributed by atoms with Gasteiger partial charge in [-0.15, -0.1) is 11.8 Å². The van der Waals surface area contributed by atoms with E-state index in [0.29, 0.717) is 35.8 Å². The van der Waals surface area contributed by atoms with Crippen LogP contribution in [0.3, 0.4) is 0 Å². The van der Waals surface area contributed by atoms with Crippen LogP contribution in [0.2, 0.25) is 0 Å². The van der Waals surface area contributed by atoms with E-state index in [1.807, 2.05) is 13.8 Å². The highest BCUT2D eigenvalue weighted by Gasteiger charge is 2.15. The topological polar surface area (TPSA) is 62.2 Å². The molecule has 1 aromatic heterocycles. The third kappa shape index (κ3) is 5.69. The lowest BCUT2D eigenvalue weighted by Gasteiger charge is -2.13. The van der Waals surface area contributed by atoms with Crippen molar-refractivity contribution in [1.29, 1.82) is 0 Å². The number of aromatic nitrogens is 1. The van der Waals surface area contributed by atoms with Crippen molar-refractivity contribution < 1.29 is 18.7 Å². The lowest BCUT2D eigenvalue weighted by molar-refractivity contribution is -0.137. The number of aliphatic carboxylic acids is 1. The smallest absolute Gasteiger partial charge is 0.303 e. The first kappa shape index (κ1) is 20.2. The van der Waals surface area contributed by atoms with E-state index >= 15 is 0 Å². The molecule has 0 saturated heterocycles. The van der Waals surface area contributed by atoms with Crippen LogP contribution in [0.5, 0.6) is 0 Å². The maximum absolute atomic E-state index is 14.4. The predicted molar refractivity (Wildman–Crippen MR) is 101 cm³/mol. The highest BCUT2D eigenvalue weighted by molar-refractivity contribution is 7.99. The van der Waals surface area contributed by atoms with Gasteiger partial charge in [0, 0.05) is 30.0 Å². The van der Waals surface area contributed by atoms with Crippen molar-refractivity contribution >= 4 is 23.4 Å². The van der Waals surface area contributed by atoms with E-state index in [9.17, 15) is 13.6 Å². The summed E-state index contributed by atoms with van der Waals surface area (Å²) in [4.78, 5) is 14.8. The highest BCUT2D eigenvalue weighted by atomic mass is 32.2. The lowest BCUT2D eigenvalue weighted by Crippen LogP contribution is -2.07. The second-order valence-corrected chi connectivity index (χ2v) is 7.68. The molecule has 140 valence electrons. The fourth-order valence-corrected chi connectivity index (χ4v) is 3.32. The first-order chi connectivity index (χ1) is 12.4. The van der Waals surface area contributed by atoms with Gasteiger partial charge in [0.05, 0.1) is 0 Å². The number of halogens is 2. The summed E-state index contributed by atoms with van der Waals surface area (Å²) in [7, 11) is 0. The van der Waals surface area contributed by atoms with Gasteiger partial charge in [-0.3, -0.25) is 4.79 Å². The molecule has 0 atom stereocenters. The SMILES string of the molecule is CC(C)Sc1ncccc1-c1cc(F)c(NCCCCC(=O)O)c(F)c1. The Balaban J connectivity index is 2.15. The Morgan fingerprint density at radius 3 is 2.58 bits per heavy atom. The molecule has 0 radical (unpaired) electrons. The first-order valence-electron chi connectivity index (χ1n) is 8.45. The van der Waals surface area contributed by atoms with Crippen LogP contribution in [0.15, 0.2) is 35.5 Å². The van der Waals surface area contributed by atoms with Gasteiger partial charge in [0.25, 0.3) is 0 Å². The maximum Gasteiger partial charge on any atom is 0.303 e. The number of thioether (sulfide) groups is 1. The summed E-state index contributed by atoms with van der Waals surface area (Å²) in [6.07, 6.45) is 2.68. The van der Waals surface area contributed by atoms with Crippen LogP contribution in [-0.4, -0.2) is 27.9 Å². The van der Waals surface area contributed by atoms with Crippen molar-refractivity contribution in [3.05, 3.63) is 42.1 Å². The lowest BCUT2D eigenvalue weighted by atomic mass is 10.1. The van der Waals surface area contributed by atoms with Gasteiger partial charge in [0.2, 0.25) is 0 Å². The molecule has 0 bridgehead atoms. The molecule has 2 aromatic rings. The van der Waals surface area contributed by atoms with E-state index < -0.39 is 17.6 Å². The summed E-state index contributed by atoms with van der Waals surface area (Å²) in [6.45, 7) is 4.37. The number of carboxylic acids is 1. The minimum Gasteiger partial charge on any atom is -0.481 e. The van der Waals surface area contributed by atoms with Crippen molar-refractivity contribution in [2.45, 2.75) is 43.4 Å². The largest absolute Gasteiger partial charge is 0.481 e. The molecule has 7 heteroatoms. The third-order valence-electron chi connectivity index (χ3n) is 3.59. The van der Waals surface area contributed by atoms with Crippen LogP contribution >= 0.6 is 11.8 Å². The average Bonchev–Trinajstić information content (AvgIpc) is 2.56. The third-order valence-corrected chi connectivity index (χ3v) is 4.61. The molecule has 0 saturated carbocycles. The van der Waals surface area contributed by atoms with Crippen molar-refractivity contribution in [1.82, 2.24) is 4.98 Å². The zero-order valence-corrected chi connectivity index (χ0v) is 15.6. The molecule has 2 N–H and O–H groups in total. The van der Waals surface area contributed by atoms with Gasteiger partial charge in [0.1, 0.15) is 22.3 Å². The molecule has 0 aliphatic carbocycles. The fraction of sp³-hybridized carbons (Fsp3) is 0.368. The van der Waals surface area contributed by atoms with Crippen LogP contribution in [0.4, 0.5) is 14.5 Å². The summed E-state index contributed by atoms with van der Waals surface area (Å²) in [5.74, 6) is -2.23. The molecule has 26 heavy (non-hydrogen) atoms. The second kappa shape index (κ2) is 9.52. The Hall–Kier alpha value is -2.15. The number of nitrogens with zero attached hydrogens (tertiary/aromatic N) is 1. The average molecular weight is 380 g/mol. The molecule has 1 heterocycles. The number of rotatable bonds is 9. The zero-order valence-electron chi connectivity index (χ0n) is 14.8. The van der Waals surface area contributed by atoms with E-state index in [4.69, 9.17) is 5.11 Å². The van der Waals surface area contributed by atoms with Gasteiger partial charge >= 0.3 is 5.97 Å². The normalized spacial score (nSPS) is 11.0. The number of carboxylic acid groups (broad SMARTS) is 1. The van der Waals surface area contributed by atoms with Gasteiger partial charge in [-0.1, -0.05) is 19.9 Å². The zero-order chi connectivity index (χ0) is 19.1. The van der Waals surface area contributed by atoms with Gasteiger partial charge in [-0.2, -0.15) is 0 Å². The summed E-state index contributed by atoms with van der Waals surface area (Å²) >= 11 is 1.54. The Morgan fingerprint density at radius 2 is 1.96 bits per heavy atom. The summed E-state index contributed by atoms with van der Waals surface area (Å²) in [5.41, 5.74) is 0.940. The van der Waals surface area contributed by atoms with E-state index in [1.54, 1.807) is 18.3 Å². The van der Waals surface area contributed by atoms with E-state index in [1.165, 1.54) is 23.9 Å². The molecule has 1 aromatic carbocycles. The van der Waals surface area contributed by atoms with Crippen LogP contribution in [0, 0.1) is 11.6 Å². The minimum absolute atomic E-state index is 0.0445. The van der Waals surface area contributed by atoms with Crippen LogP contribution in [-0.2, 0) is 4.79 Å². The number of unbranched alkanes of at least 4 members (excludes halogenated alkanes) is 1. The van der Waals surface area contributed by atoms with Crippen LogP contribution in [0.25, 0.3) is 11.1 Å². The van der Waals surface area contributed by atoms with Gasteiger partial charge in [0.15, 0.2) is 0 Å². The van der Waals surface area contributed by atoms with Gasteiger partial charge in [-0.25, -0.2) is 13.8 Å². The van der Waals surface area contributed by atoms with Crippen molar-refractivity contribution in [3.8, 4) is 11.1 Å². The first-order valence-corrected chi connectivity index (χ1v) is 9.33. The second-order valence-electron chi connectivity index (χ2n) is 6.12. The Bertz CT molecular complexity index is 746. The van der Waals surface area contributed by atoms with Crippen molar-refractivity contribution in [2.75, 3.05) is 11.9 Å². The Kier molecular flexibility index (Phi) is 7.38. The number of hydrogen-bond donors (Lipinski definition) is 2. The summed E-state index contributed by atoms with van der Waals surface area (Å²) in [5, 5.41) is 12.3. The quantitative estimate of drug-likeness (QED) is 0.463. The standard InChI is InChI=1S/C19H22F2N2O2S/c1-12(2)26-19-14(6-5-9-23-19)13-10-15(20)18(16(21)11-13)22-8-4-3-7-17(24)25/h5-6,9-12,22H,3-4,7-8H2,1-2H3,(H,24,25).